The maximum absolute atomic E-state index is 13.9. The van der Waals surface area contributed by atoms with Gasteiger partial charge in [0.25, 0.3) is 0 Å². The fraction of sp³-hybridized carbons (Fsp3) is 0.737. The average Bonchev–Trinajstić information content (AvgIpc) is 3.00. The number of aromatic carboxylic acids is 1. The van der Waals surface area contributed by atoms with E-state index in [2.05, 4.69) is 6.92 Å². The number of rotatable bonds is 14. The number of aromatic nitrogens is 1. The third-order valence-corrected chi connectivity index (χ3v) is 4.35. The molecule has 0 aliphatic carbocycles. The van der Waals surface area contributed by atoms with Crippen LogP contribution in [-0.2, 0) is 6.54 Å². The summed E-state index contributed by atoms with van der Waals surface area (Å²) in [7, 11) is 0. The van der Waals surface area contributed by atoms with Crippen molar-refractivity contribution in [3.8, 4) is 0 Å². The third kappa shape index (κ3) is 8.77. The number of carbonyl (C=O) groups is 1. The van der Waals surface area contributed by atoms with Crippen LogP contribution in [0.2, 0.25) is 0 Å². The van der Waals surface area contributed by atoms with E-state index in [1.807, 2.05) is 0 Å². The lowest BCUT2D eigenvalue weighted by molar-refractivity contribution is 0.0684. The van der Waals surface area contributed by atoms with Crippen LogP contribution in [0.25, 0.3) is 0 Å². The van der Waals surface area contributed by atoms with E-state index in [0.717, 1.165) is 12.8 Å². The summed E-state index contributed by atoms with van der Waals surface area (Å²) in [6.45, 7) is 2.67. The van der Waals surface area contributed by atoms with Gasteiger partial charge in [-0.3, -0.25) is 0 Å². The molecule has 23 heavy (non-hydrogen) atoms. The Morgan fingerprint density at radius 1 is 1.09 bits per heavy atom. The maximum Gasteiger partial charge on any atom is 0.352 e. The van der Waals surface area contributed by atoms with Gasteiger partial charge in [0.15, 0.2) is 0 Å². The summed E-state index contributed by atoms with van der Waals surface area (Å²) in [5, 5.41) is 9.00. The first-order valence-corrected chi connectivity index (χ1v) is 9.17. The van der Waals surface area contributed by atoms with Gasteiger partial charge < -0.3 is 9.67 Å². The first-order chi connectivity index (χ1) is 11.1. The lowest BCUT2D eigenvalue weighted by atomic mass is 10.0. The standard InChI is InChI=1S/C19H32FNO2/c1-2-3-4-5-6-7-8-9-10-12-17(20)14-16-21-15-11-13-18(21)19(22)23/h11,13,15,17H,2-10,12,14,16H2,1H3,(H,22,23). The van der Waals surface area contributed by atoms with Crippen molar-refractivity contribution >= 4 is 5.97 Å². The van der Waals surface area contributed by atoms with Crippen molar-refractivity contribution in [1.29, 1.82) is 0 Å². The molecule has 1 heterocycles. The summed E-state index contributed by atoms with van der Waals surface area (Å²) in [4.78, 5) is 11.0. The number of aryl methyl sites for hydroxylation is 1. The molecule has 0 spiro atoms. The highest BCUT2D eigenvalue weighted by atomic mass is 19.1. The first kappa shape index (κ1) is 19.7. The third-order valence-electron chi connectivity index (χ3n) is 4.35. The average molecular weight is 325 g/mol. The van der Waals surface area contributed by atoms with Gasteiger partial charge in [-0.15, -0.1) is 0 Å². The van der Waals surface area contributed by atoms with Gasteiger partial charge in [0, 0.05) is 12.7 Å². The fourth-order valence-electron chi connectivity index (χ4n) is 2.90. The molecule has 0 aliphatic rings. The maximum atomic E-state index is 13.9. The van der Waals surface area contributed by atoms with E-state index in [-0.39, 0.29) is 5.69 Å². The molecule has 0 saturated carbocycles. The molecule has 0 aliphatic heterocycles. The van der Waals surface area contributed by atoms with E-state index in [0.29, 0.717) is 19.4 Å². The number of hydrogen-bond acceptors (Lipinski definition) is 1. The van der Waals surface area contributed by atoms with Gasteiger partial charge in [-0.25, -0.2) is 9.18 Å². The predicted molar refractivity (Wildman–Crippen MR) is 92.7 cm³/mol. The zero-order valence-electron chi connectivity index (χ0n) is 14.5. The zero-order valence-corrected chi connectivity index (χ0v) is 14.5. The number of unbranched alkanes of at least 4 members (excludes halogenated alkanes) is 8. The van der Waals surface area contributed by atoms with Gasteiger partial charge in [-0.2, -0.15) is 0 Å². The number of halogens is 1. The van der Waals surface area contributed by atoms with Crippen molar-refractivity contribution in [3.63, 3.8) is 0 Å². The predicted octanol–water partition coefficient (Wildman–Crippen LogP) is 5.84. The highest BCUT2D eigenvalue weighted by molar-refractivity contribution is 5.85. The van der Waals surface area contributed by atoms with Gasteiger partial charge in [0.2, 0.25) is 0 Å². The smallest absolute Gasteiger partial charge is 0.352 e. The van der Waals surface area contributed by atoms with Gasteiger partial charge in [-0.05, 0) is 25.0 Å². The molecular formula is C19H32FNO2. The summed E-state index contributed by atoms with van der Waals surface area (Å²) in [5.74, 6) is -0.954. The largest absolute Gasteiger partial charge is 0.477 e. The molecule has 1 rings (SSSR count). The van der Waals surface area contributed by atoms with Crippen LogP contribution in [0.1, 0.15) is 88.0 Å². The molecule has 0 saturated heterocycles. The van der Waals surface area contributed by atoms with Crippen molar-refractivity contribution in [3.05, 3.63) is 24.0 Å². The van der Waals surface area contributed by atoms with Crippen LogP contribution in [0.3, 0.4) is 0 Å². The Balaban J connectivity index is 2.01. The van der Waals surface area contributed by atoms with Crippen molar-refractivity contribution in [1.82, 2.24) is 4.57 Å². The fourth-order valence-corrected chi connectivity index (χ4v) is 2.90. The van der Waals surface area contributed by atoms with Gasteiger partial charge in [0.05, 0.1) is 0 Å². The van der Waals surface area contributed by atoms with Gasteiger partial charge in [-0.1, -0.05) is 64.7 Å². The van der Waals surface area contributed by atoms with Crippen LogP contribution >= 0.6 is 0 Å². The van der Waals surface area contributed by atoms with Crippen molar-refractivity contribution < 1.29 is 14.3 Å². The monoisotopic (exact) mass is 325 g/mol. The van der Waals surface area contributed by atoms with E-state index in [4.69, 9.17) is 5.11 Å². The van der Waals surface area contributed by atoms with Crippen LogP contribution in [-0.4, -0.2) is 21.8 Å². The molecule has 0 aromatic carbocycles. The highest BCUT2D eigenvalue weighted by Gasteiger charge is 2.11. The molecule has 3 nitrogen and oxygen atoms in total. The summed E-state index contributed by atoms with van der Waals surface area (Å²) in [5.41, 5.74) is 0.236. The van der Waals surface area contributed by atoms with Crippen LogP contribution in [0.15, 0.2) is 18.3 Å². The summed E-state index contributed by atoms with van der Waals surface area (Å²) < 4.78 is 15.5. The molecule has 0 fully saturated rings. The SMILES string of the molecule is CCCCCCCCCCCC(F)CCn1cccc1C(=O)O. The molecule has 0 bridgehead atoms. The topological polar surface area (TPSA) is 42.2 Å². The normalized spacial score (nSPS) is 12.4. The van der Waals surface area contributed by atoms with Crippen molar-refractivity contribution in [2.75, 3.05) is 0 Å². The molecule has 0 radical (unpaired) electrons. The minimum absolute atomic E-state index is 0.236. The number of carboxylic acid groups (broad SMARTS) is 1. The van der Waals surface area contributed by atoms with Crippen LogP contribution in [0.5, 0.6) is 0 Å². The van der Waals surface area contributed by atoms with E-state index in [1.54, 1.807) is 22.9 Å². The zero-order chi connectivity index (χ0) is 16.9. The van der Waals surface area contributed by atoms with E-state index < -0.39 is 12.1 Å². The van der Waals surface area contributed by atoms with Crippen molar-refractivity contribution in [2.45, 2.75) is 90.3 Å². The number of alkyl halides is 1. The summed E-state index contributed by atoms with van der Waals surface area (Å²) in [6, 6.07) is 3.24. The molecule has 1 atom stereocenters. The first-order valence-electron chi connectivity index (χ1n) is 9.17. The minimum Gasteiger partial charge on any atom is -0.477 e. The Morgan fingerprint density at radius 2 is 1.70 bits per heavy atom. The minimum atomic E-state index is -0.954. The Hall–Kier alpha value is -1.32. The van der Waals surface area contributed by atoms with Gasteiger partial charge in [0.1, 0.15) is 11.9 Å². The lowest BCUT2D eigenvalue weighted by Gasteiger charge is -2.10. The molecule has 1 unspecified atom stereocenters. The van der Waals surface area contributed by atoms with Crippen LogP contribution in [0, 0.1) is 0 Å². The lowest BCUT2D eigenvalue weighted by Crippen LogP contribution is -2.11. The molecule has 1 aromatic rings. The molecule has 0 amide bonds. The Labute approximate surface area is 139 Å². The van der Waals surface area contributed by atoms with Crippen molar-refractivity contribution in [2.24, 2.45) is 0 Å². The number of nitrogens with zero attached hydrogens (tertiary/aromatic N) is 1. The number of carboxylic acids is 1. The quantitative estimate of drug-likeness (QED) is 0.437. The molecule has 1 aromatic heterocycles. The number of hydrogen-bond donors (Lipinski definition) is 1. The second-order valence-corrected chi connectivity index (χ2v) is 6.40. The summed E-state index contributed by atoms with van der Waals surface area (Å²) in [6.07, 6.45) is 13.0. The van der Waals surface area contributed by atoms with E-state index in [1.165, 1.54) is 44.9 Å². The summed E-state index contributed by atoms with van der Waals surface area (Å²) >= 11 is 0. The Morgan fingerprint density at radius 3 is 2.30 bits per heavy atom. The van der Waals surface area contributed by atoms with E-state index >= 15 is 0 Å². The van der Waals surface area contributed by atoms with E-state index in [9.17, 15) is 9.18 Å². The molecule has 132 valence electrons. The second kappa shape index (κ2) is 12.1. The second-order valence-electron chi connectivity index (χ2n) is 6.40. The van der Waals surface area contributed by atoms with Crippen LogP contribution in [0.4, 0.5) is 4.39 Å². The highest BCUT2D eigenvalue weighted by Crippen LogP contribution is 2.15. The molecule has 1 N–H and O–H groups in total. The molecule has 4 heteroatoms. The van der Waals surface area contributed by atoms with Gasteiger partial charge >= 0.3 is 5.97 Å². The Bertz CT molecular complexity index is 431. The molecular weight excluding hydrogens is 293 g/mol. The Kier molecular flexibility index (Phi) is 10.4. The van der Waals surface area contributed by atoms with Crippen LogP contribution < -0.4 is 0 Å².